The van der Waals surface area contributed by atoms with E-state index in [4.69, 9.17) is 4.42 Å². The molecule has 3 rings (SSSR count). The number of nitrogens with one attached hydrogen (secondary N) is 1. The highest BCUT2D eigenvalue weighted by Crippen LogP contribution is 2.25. The van der Waals surface area contributed by atoms with E-state index in [2.05, 4.69) is 10.3 Å². The van der Waals surface area contributed by atoms with Gasteiger partial charge in [-0.25, -0.2) is 9.37 Å². The summed E-state index contributed by atoms with van der Waals surface area (Å²) in [4.78, 5) is 17.0. The fourth-order valence-electron chi connectivity index (χ4n) is 1.85. The molecule has 0 saturated carbocycles. The van der Waals surface area contributed by atoms with Crippen molar-refractivity contribution in [2.24, 2.45) is 0 Å². The largest absolute Gasteiger partial charge is 0.431 e. The van der Waals surface area contributed by atoms with Gasteiger partial charge in [-0.2, -0.15) is 0 Å². The number of hydrogen-bond acceptors (Lipinski definition) is 5. The van der Waals surface area contributed by atoms with Crippen LogP contribution in [0.3, 0.4) is 0 Å². The van der Waals surface area contributed by atoms with E-state index >= 15 is 0 Å². The smallest absolute Gasteiger partial charge is 0.256 e. The Morgan fingerprint density at radius 3 is 2.87 bits per heavy atom. The van der Waals surface area contributed by atoms with Crippen LogP contribution in [0, 0.1) is 5.82 Å². The van der Waals surface area contributed by atoms with Gasteiger partial charge >= 0.3 is 0 Å². The van der Waals surface area contributed by atoms with Gasteiger partial charge in [0.05, 0.1) is 18.5 Å². The van der Waals surface area contributed by atoms with Crippen LogP contribution in [-0.4, -0.2) is 16.6 Å². The predicted molar refractivity (Wildman–Crippen MR) is 88.8 cm³/mol. The molecule has 0 atom stereocenters. The number of carbonyl (C=O) groups excluding carboxylic acids is 1. The van der Waals surface area contributed by atoms with E-state index in [1.54, 1.807) is 29.7 Å². The monoisotopic (exact) mass is 348 g/mol. The standard InChI is InChI=1S/C16H13FN2O2S2/c17-12-5-3-11(4-6-12)14-9-19-16(21-14)23-10-15(20)18-8-13-2-1-7-22-13/h1-7,9H,8,10H2,(H,18,20). The lowest BCUT2D eigenvalue weighted by Gasteiger charge is -2.01. The molecule has 2 heterocycles. The number of amides is 1. The number of halogens is 1. The molecule has 1 amide bonds. The van der Waals surface area contributed by atoms with E-state index in [0.29, 0.717) is 17.5 Å². The molecule has 0 saturated heterocycles. The zero-order chi connectivity index (χ0) is 16.1. The summed E-state index contributed by atoms with van der Waals surface area (Å²) in [6.07, 6.45) is 1.57. The summed E-state index contributed by atoms with van der Waals surface area (Å²) in [6.45, 7) is 0.531. The minimum Gasteiger partial charge on any atom is -0.431 e. The second-order valence-corrected chi connectivity index (χ2v) is 6.60. The first kappa shape index (κ1) is 15.8. The predicted octanol–water partition coefficient (Wildman–Crippen LogP) is 3.95. The van der Waals surface area contributed by atoms with E-state index in [9.17, 15) is 9.18 Å². The molecule has 0 fully saturated rings. The van der Waals surface area contributed by atoms with E-state index in [-0.39, 0.29) is 17.5 Å². The molecule has 0 aliphatic heterocycles. The Morgan fingerprint density at radius 2 is 2.13 bits per heavy atom. The Kier molecular flexibility index (Phi) is 5.09. The average molecular weight is 348 g/mol. The van der Waals surface area contributed by atoms with Gasteiger partial charge in [-0.15, -0.1) is 11.3 Å². The van der Waals surface area contributed by atoms with Crippen LogP contribution in [0.2, 0.25) is 0 Å². The third-order valence-electron chi connectivity index (χ3n) is 2.98. The normalized spacial score (nSPS) is 10.7. The van der Waals surface area contributed by atoms with Gasteiger partial charge in [0.15, 0.2) is 5.76 Å². The van der Waals surface area contributed by atoms with E-state index in [1.165, 1.54) is 23.9 Å². The first-order valence-electron chi connectivity index (χ1n) is 6.84. The number of thiophene rings is 1. The highest BCUT2D eigenvalue weighted by atomic mass is 32.2. The molecule has 0 aliphatic rings. The number of nitrogens with zero attached hydrogens (tertiary/aromatic N) is 1. The Balaban J connectivity index is 1.50. The number of benzene rings is 1. The summed E-state index contributed by atoms with van der Waals surface area (Å²) in [6, 6.07) is 9.90. The molecular formula is C16H13FN2O2S2. The van der Waals surface area contributed by atoms with Gasteiger partial charge in [-0.05, 0) is 35.7 Å². The molecule has 0 unspecified atom stereocenters. The number of carbonyl (C=O) groups is 1. The maximum absolute atomic E-state index is 12.9. The lowest BCUT2D eigenvalue weighted by molar-refractivity contribution is -0.118. The molecule has 1 N–H and O–H groups in total. The Hall–Kier alpha value is -2.12. The van der Waals surface area contributed by atoms with Crippen molar-refractivity contribution >= 4 is 29.0 Å². The molecule has 7 heteroatoms. The summed E-state index contributed by atoms with van der Waals surface area (Å²) in [5.41, 5.74) is 0.743. The minimum atomic E-state index is -0.301. The van der Waals surface area contributed by atoms with E-state index < -0.39 is 0 Å². The van der Waals surface area contributed by atoms with Crippen molar-refractivity contribution in [3.63, 3.8) is 0 Å². The first-order chi connectivity index (χ1) is 11.2. The maximum atomic E-state index is 12.9. The van der Waals surface area contributed by atoms with Crippen LogP contribution < -0.4 is 5.32 Å². The number of thioether (sulfide) groups is 1. The van der Waals surface area contributed by atoms with Crippen LogP contribution in [0.25, 0.3) is 11.3 Å². The van der Waals surface area contributed by atoms with Gasteiger partial charge in [-0.1, -0.05) is 17.8 Å². The van der Waals surface area contributed by atoms with Crippen molar-refractivity contribution in [1.29, 1.82) is 0 Å². The Bertz CT molecular complexity index is 770. The maximum Gasteiger partial charge on any atom is 0.256 e. The van der Waals surface area contributed by atoms with Crippen LogP contribution in [0.5, 0.6) is 0 Å². The Labute approximate surface area is 140 Å². The van der Waals surface area contributed by atoms with E-state index in [1.807, 2.05) is 17.5 Å². The summed E-state index contributed by atoms with van der Waals surface area (Å²) >= 11 is 2.83. The number of hydrogen-bond donors (Lipinski definition) is 1. The lowest BCUT2D eigenvalue weighted by Crippen LogP contribution is -2.24. The fourth-order valence-corrected chi connectivity index (χ4v) is 3.13. The minimum absolute atomic E-state index is 0.0788. The van der Waals surface area contributed by atoms with Gasteiger partial charge in [0, 0.05) is 10.4 Å². The molecule has 1 aromatic carbocycles. The second-order valence-electron chi connectivity index (χ2n) is 4.64. The SMILES string of the molecule is O=C(CSc1ncc(-c2ccc(F)cc2)o1)NCc1cccs1. The highest BCUT2D eigenvalue weighted by molar-refractivity contribution is 7.99. The van der Waals surface area contributed by atoms with Crippen molar-refractivity contribution in [3.05, 3.63) is 58.7 Å². The third kappa shape index (κ3) is 4.43. The highest BCUT2D eigenvalue weighted by Gasteiger charge is 2.10. The number of oxazole rings is 1. The Morgan fingerprint density at radius 1 is 1.30 bits per heavy atom. The molecule has 4 nitrogen and oxygen atoms in total. The van der Waals surface area contributed by atoms with Crippen molar-refractivity contribution in [2.45, 2.75) is 11.8 Å². The van der Waals surface area contributed by atoms with Crippen LogP contribution >= 0.6 is 23.1 Å². The van der Waals surface area contributed by atoms with Crippen molar-refractivity contribution in [2.75, 3.05) is 5.75 Å². The molecule has 118 valence electrons. The van der Waals surface area contributed by atoms with Crippen molar-refractivity contribution in [3.8, 4) is 11.3 Å². The average Bonchev–Trinajstić information content (AvgIpc) is 3.23. The van der Waals surface area contributed by atoms with Crippen LogP contribution in [0.15, 0.2) is 57.6 Å². The van der Waals surface area contributed by atoms with E-state index in [0.717, 1.165) is 10.4 Å². The van der Waals surface area contributed by atoms with Gasteiger partial charge in [0.1, 0.15) is 5.82 Å². The molecular weight excluding hydrogens is 335 g/mol. The summed E-state index contributed by atoms with van der Waals surface area (Å²) < 4.78 is 18.5. The van der Waals surface area contributed by atoms with Crippen LogP contribution in [0.4, 0.5) is 4.39 Å². The first-order valence-corrected chi connectivity index (χ1v) is 8.71. The zero-order valence-corrected chi connectivity index (χ0v) is 13.6. The van der Waals surface area contributed by atoms with Crippen molar-refractivity contribution < 1.29 is 13.6 Å². The molecule has 23 heavy (non-hydrogen) atoms. The van der Waals surface area contributed by atoms with Gasteiger partial charge in [0.25, 0.3) is 5.22 Å². The number of aromatic nitrogens is 1. The fraction of sp³-hybridized carbons (Fsp3) is 0.125. The lowest BCUT2D eigenvalue weighted by atomic mass is 10.2. The summed E-state index contributed by atoms with van der Waals surface area (Å²) in [7, 11) is 0. The van der Waals surface area contributed by atoms with Gasteiger partial charge in [-0.3, -0.25) is 4.79 Å². The summed E-state index contributed by atoms with van der Waals surface area (Å²) in [5, 5.41) is 5.22. The van der Waals surface area contributed by atoms with Crippen LogP contribution in [0.1, 0.15) is 4.88 Å². The third-order valence-corrected chi connectivity index (χ3v) is 4.70. The second kappa shape index (κ2) is 7.43. The molecule has 0 spiro atoms. The van der Waals surface area contributed by atoms with Crippen molar-refractivity contribution in [1.82, 2.24) is 10.3 Å². The molecule has 3 aromatic rings. The molecule has 0 bridgehead atoms. The molecule has 0 aliphatic carbocycles. The van der Waals surface area contributed by atoms with Gasteiger partial charge in [0.2, 0.25) is 5.91 Å². The van der Waals surface area contributed by atoms with Crippen LogP contribution in [-0.2, 0) is 11.3 Å². The quantitative estimate of drug-likeness (QED) is 0.685. The summed E-state index contributed by atoms with van der Waals surface area (Å²) in [5.74, 6) is 0.399. The molecule has 2 aromatic heterocycles. The topological polar surface area (TPSA) is 55.1 Å². The zero-order valence-electron chi connectivity index (χ0n) is 12.0. The van der Waals surface area contributed by atoms with Gasteiger partial charge < -0.3 is 9.73 Å². The number of rotatable bonds is 6. The molecule has 0 radical (unpaired) electrons.